The number of aliphatic hydroxyl groups is 2. The molecule has 16 heavy (non-hydrogen) atoms. The highest BCUT2D eigenvalue weighted by Crippen LogP contribution is 2.23. The smallest absolute Gasteiger partial charge is 0.0828 e. The average Bonchev–Trinajstić information content (AvgIpc) is 2.27. The van der Waals surface area contributed by atoms with Crippen LogP contribution in [0.2, 0.25) is 0 Å². The molecule has 96 valence electrons. The van der Waals surface area contributed by atoms with E-state index in [9.17, 15) is 5.11 Å². The third kappa shape index (κ3) is 7.89. The van der Waals surface area contributed by atoms with Gasteiger partial charge in [-0.3, -0.25) is 0 Å². The fraction of sp³-hybridized carbons (Fsp3) is 0.857. The monoisotopic (exact) mass is 228 g/mol. The van der Waals surface area contributed by atoms with E-state index in [0.29, 0.717) is 0 Å². The van der Waals surface area contributed by atoms with Gasteiger partial charge in [-0.05, 0) is 12.8 Å². The zero-order valence-electron chi connectivity index (χ0n) is 10.9. The quantitative estimate of drug-likeness (QED) is 0.444. The van der Waals surface area contributed by atoms with Crippen molar-refractivity contribution in [2.75, 3.05) is 6.61 Å². The third-order valence-electron chi connectivity index (χ3n) is 2.96. The first-order chi connectivity index (χ1) is 7.68. The predicted molar refractivity (Wildman–Crippen MR) is 69.5 cm³/mol. The summed E-state index contributed by atoms with van der Waals surface area (Å²) in [6, 6.07) is 0. The molecule has 0 bridgehead atoms. The van der Waals surface area contributed by atoms with Crippen LogP contribution < -0.4 is 0 Å². The van der Waals surface area contributed by atoms with Gasteiger partial charge >= 0.3 is 0 Å². The van der Waals surface area contributed by atoms with Crippen molar-refractivity contribution in [3.05, 3.63) is 12.2 Å². The highest BCUT2D eigenvalue weighted by Gasteiger charge is 2.21. The molecule has 0 fully saturated rings. The lowest BCUT2D eigenvalue weighted by molar-refractivity contribution is 0.0659. The molecule has 2 heteroatoms. The number of unbranched alkanes of at least 4 members (excludes halogenated alkanes) is 4. The Bertz CT molecular complexity index is 166. The minimum Gasteiger partial charge on any atom is -0.392 e. The first-order valence-corrected chi connectivity index (χ1v) is 6.69. The highest BCUT2D eigenvalue weighted by atomic mass is 16.3. The van der Waals surface area contributed by atoms with E-state index in [1.54, 1.807) is 12.2 Å². The molecule has 0 aromatic carbocycles. The van der Waals surface area contributed by atoms with Gasteiger partial charge in [-0.15, -0.1) is 0 Å². The Morgan fingerprint density at radius 2 is 1.44 bits per heavy atom. The maximum Gasteiger partial charge on any atom is 0.0828 e. The predicted octanol–water partition coefficient (Wildman–Crippen LogP) is 3.43. The summed E-state index contributed by atoms with van der Waals surface area (Å²) in [6.45, 7) is 4.35. The van der Waals surface area contributed by atoms with Crippen LogP contribution in [-0.4, -0.2) is 22.4 Å². The number of hydrogen-bond donors (Lipinski definition) is 2. The lowest BCUT2D eigenvalue weighted by Crippen LogP contribution is -2.25. The van der Waals surface area contributed by atoms with Crippen molar-refractivity contribution in [1.29, 1.82) is 0 Å². The van der Waals surface area contributed by atoms with E-state index >= 15 is 0 Å². The molecule has 0 atom stereocenters. The second-order valence-electron chi connectivity index (χ2n) is 4.60. The van der Waals surface area contributed by atoms with Crippen LogP contribution in [0, 0.1) is 0 Å². The Morgan fingerprint density at radius 3 is 1.81 bits per heavy atom. The van der Waals surface area contributed by atoms with Crippen molar-refractivity contribution in [2.24, 2.45) is 0 Å². The summed E-state index contributed by atoms with van der Waals surface area (Å²) in [6.07, 6.45) is 11.9. The SMILES string of the molecule is CCCCCC(O)(/C=C\CO)CCCCC. The normalized spacial score (nSPS) is 12.5. The maximum absolute atomic E-state index is 10.4. The largest absolute Gasteiger partial charge is 0.392 e. The molecule has 0 rings (SSSR count). The van der Waals surface area contributed by atoms with Crippen LogP contribution in [0.25, 0.3) is 0 Å². The molecule has 0 amide bonds. The van der Waals surface area contributed by atoms with Gasteiger partial charge < -0.3 is 10.2 Å². The van der Waals surface area contributed by atoms with E-state index in [2.05, 4.69) is 13.8 Å². The number of hydrogen-bond acceptors (Lipinski definition) is 2. The highest BCUT2D eigenvalue weighted by molar-refractivity contribution is 5.00. The first-order valence-electron chi connectivity index (χ1n) is 6.69. The van der Waals surface area contributed by atoms with Crippen molar-refractivity contribution < 1.29 is 10.2 Å². The van der Waals surface area contributed by atoms with E-state index in [4.69, 9.17) is 5.11 Å². The van der Waals surface area contributed by atoms with Crippen molar-refractivity contribution >= 4 is 0 Å². The minimum absolute atomic E-state index is 0.0177. The topological polar surface area (TPSA) is 40.5 Å². The summed E-state index contributed by atoms with van der Waals surface area (Å²) < 4.78 is 0. The Hall–Kier alpha value is -0.340. The van der Waals surface area contributed by atoms with Crippen molar-refractivity contribution in [1.82, 2.24) is 0 Å². The summed E-state index contributed by atoms with van der Waals surface area (Å²) in [4.78, 5) is 0. The molecule has 0 unspecified atom stereocenters. The molecule has 2 N–H and O–H groups in total. The Morgan fingerprint density at radius 1 is 0.938 bits per heavy atom. The first kappa shape index (κ1) is 15.7. The van der Waals surface area contributed by atoms with Crippen LogP contribution in [-0.2, 0) is 0 Å². The zero-order chi connectivity index (χ0) is 12.3. The Labute approximate surface area is 100 Å². The molecule has 0 aliphatic heterocycles. The fourth-order valence-electron chi connectivity index (χ4n) is 1.93. The molecule has 0 spiro atoms. The minimum atomic E-state index is -0.687. The molecule has 0 radical (unpaired) electrons. The van der Waals surface area contributed by atoms with E-state index in [0.717, 1.165) is 25.7 Å². The van der Waals surface area contributed by atoms with Gasteiger partial charge in [0, 0.05) is 0 Å². The van der Waals surface area contributed by atoms with Crippen LogP contribution in [0.1, 0.15) is 65.2 Å². The van der Waals surface area contributed by atoms with Gasteiger partial charge in [0.05, 0.1) is 12.2 Å². The Kier molecular flexibility index (Phi) is 9.65. The average molecular weight is 228 g/mol. The van der Waals surface area contributed by atoms with Crippen LogP contribution in [0.3, 0.4) is 0 Å². The van der Waals surface area contributed by atoms with Crippen LogP contribution in [0.5, 0.6) is 0 Å². The van der Waals surface area contributed by atoms with Crippen LogP contribution in [0.15, 0.2) is 12.2 Å². The van der Waals surface area contributed by atoms with Crippen molar-refractivity contribution in [3.8, 4) is 0 Å². The van der Waals surface area contributed by atoms with Gasteiger partial charge in [0.1, 0.15) is 0 Å². The molecule has 0 aromatic heterocycles. The van der Waals surface area contributed by atoms with Gasteiger partial charge in [0.2, 0.25) is 0 Å². The number of rotatable bonds is 10. The summed E-state index contributed by atoms with van der Waals surface area (Å²) in [5.41, 5.74) is -0.687. The zero-order valence-corrected chi connectivity index (χ0v) is 10.9. The van der Waals surface area contributed by atoms with Gasteiger partial charge in [0.25, 0.3) is 0 Å². The lowest BCUT2D eigenvalue weighted by Gasteiger charge is -2.24. The molecule has 0 aliphatic carbocycles. The second-order valence-corrected chi connectivity index (χ2v) is 4.60. The van der Waals surface area contributed by atoms with E-state index < -0.39 is 5.60 Å². The molecule has 0 saturated carbocycles. The molecule has 0 saturated heterocycles. The standard InChI is InChI=1S/C14H28O2/c1-3-5-7-10-14(16,12-9-13-15)11-8-6-4-2/h9,12,15-16H,3-8,10-11,13H2,1-2H3/b12-9-. The van der Waals surface area contributed by atoms with E-state index in [1.165, 1.54) is 25.7 Å². The molecule has 0 aliphatic rings. The molecular weight excluding hydrogens is 200 g/mol. The van der Waals surface area contributed by atoms with Crippen LogP contribution >= 0.6 is 0 Å². The molecule has 0 aromatic rings. The number of aliphatic hydroxyl groups excluding tert-OH is 1. The molecule has 0 heterocycles. The lowest BCUT2D eigenvalue weighted by atomic mass is 9.90. The molecular formula is C14H28O2. The summed E-state index contributed by atoms with van der Waals surface area (Å²) in [5.74, 6) is 0. The van der Waals surface area contributed by atoms with Gasteiger partial charge in [-0.25, -0.2) is 0 Å². The van der Waals surface area contributed by atoms with E-state index in [1.807, 2.05) is 0 Å². The maximum atomic E-state index is 10.4. The van der Waals surface area contributed by atoms with Gasteiger partial charge in [-0.2, -0.15) is 0 Å². The summed E-state index contributed by atoms with van der Waals surface area (Å²) in [7, 11) is 0. The third-order valence-corrected chi connectivity index (χ3v) is 2.96. The van der Waals surface area contributed by atoms with Crippen molar-refractivity contribution in [2.45, 2.75) is 70.8 Å². The van der Waals surface area contributed by atoms with Crippen LogP contribution in [0.4, 0.5) is 0 Å². The second kappa shape index (κ2) is 9.86. The molecule has 2 nitrogen and oxygen atoms in total. The summed E-state index contributed by atoms with van der Waals surface area (Å²) >= 11 is 0. The Balaban J connectivity index is 4.07. The summed E-state index contributed by atoms with van der Waals surface area (Å²) in [5, 5.41) is 19.2. The van der Waals surface area contributed by atoms with Gasteiger partial charge in [-0.1, -0.05) is 64.5 Å². The van der Waals surface area contributed by atoms with Crippen molar-refractivity contribution in [3.63, 3.8) is 0 Å². The fourth-order valence-corrected chi connectivity index (χ4v) is 1.93. The van der Waals surface area contributed by atoms with E-state index in [-0.39, 0.29) is 6.61 Å². The van der Waals surface area contributed by atoms with Gasteiger partial charge in [0.15, 0.2) is 0 Å².